The first kappa shape index (κ1) is 18.3. The number of fused-ring (bicyclic) bond motifs is 1. The molecular weight excluding hydrogens is 332 g/mol. The minimum absolute atomic E-state index is 0.0668. The number of ether oxygens (including phenoxy) is 2. The van der Waals surface area contributed by atoms with Crippen LogP contribution in [0.1, 0.15) is 26.3 Å². The topological polar surface area (TPSA) is 67.9 Å². The minimum Gasteiger partial charge on any atom is -0.460 e. The minimum atomic E-state index is -0.521. The van der Waals surface area contributed by atoms with E-state index in [1.165, 1.54) is 0 Å². The Labute approximate surface area is 154 Å². The zero-order valence-electron chi connectivity index (χ0n) is 15.5. The highest BCUT2D eigenvalue weighted by Gasteiger charge is 2.42. The largest absolute Gasteiger partial charge is 0.460 e. The molecule has 0 saturated carbocycles. The molecule has 1 saturated heterocycles. The van der Waals surface area contributed by atoms with Gasteiger partial charge in [0.05, 0.1) is 5.92 Å². The first-order chi connectivity index (χ1) is 12.3. The Morgan fingerprint density at radius 2 is 1.96 bits per heavy atom. The number of rotatable bonds is 3. The fourth-order valence-corrected chi connectivity index (χ4v) is 3.27. The third-order valence-electron chi connectivity index (χ3n) is 4.53. The van der Waals surface area contributed by atoms with Gasteiger partial charge in [0.25, 0.3) is 0 Å². The maximum absolute atomic E-state index is 12.5. The molecule has 140 valence electrons. The molecule has 1 fully saturated rings. The van der Waals surface area contributed by atoms with E-state index < -0.39 is 5.60 Å². The molecule has 2 heterocycles. The van der Waals surface area contributed by atoms with E-state index in [1.54, 1.807) is 4.90 Å². The summed E-state index contributed by atoms with van der Waals surface area (Å²) in [7, 11) is 0. The van der Waals surface area contributed by atoms with Crippen LogP contribution in [0.25, 0.3) is 0 Å². The number of carbonyl (C=O) groups is 2. The van der Waals surface area contributed by atoms with Crippen LogP contribution in [-0.2, 0) is 20.9 Å². The number of nitrogens with one attached hydrogen (secondary N) is 1. The summed E-state index contributed by atoms with van der Waals surface area (Å²) in [5, 5.41) is 3.27. The SMILES string of the molecule is CC(C)(C)OC(=O)C1CNC2=CCN(C(=O)OCc3ccccc3)CC21. The van der Waals surface area contributed by atoms with Gasteiger partial charge in [-0.05, 0) is 32.4 Å². The molecule has 0 spiro atoms. The zero-order chi connectivity index (χ0) is 18.7. The summed E-state index contributed by atoms with van der Waals surface area (Å²) in [6.07, 6.45) is 1.60. The van der Waals surface area contributed by atoms with Crippen LogP contribution < -0.4 is 5.32 Å². The van der Waals surface area contributed by atoms with E-state index in [0.717, 1.165) is 11.3 Å². The summed E-state index contributed by atoms with van der Waals surface area (Å²) in [4.78, 5) is 26.5. The number of benzene rings is 1. The van der Waals surface area contributed by atoms with Crippen LogP contribution in [0.4, 0.5) is 4.79 Å². The molecule has 0 radical (unpaired) electrons. The lowest BCUT2D eigenvalue weighted by atomic mass is 9.91. The number of hydrogen-bond acceptors (Lipinski definition) is 5. The third kappa shape index (κ3) is 4.36. The fourth-order valence-electron chi connectivity index (χ4n) is 3.27. The van der Waals surface area contributed by atoms with Crippen molar-refractivity contribution in [2.75, 3.05) is 19.6 Å². The highest BCUT2D eigenvalue weighted by molar-refractivity contribution is 5.75. The van der Waals surface area contributed by atoms with Crippen molar-refractivity contribution in [2.45, 2.75) is 33.0 Å². The molecule has 1 N–H and O–H groups in total. The van der Waals surface area contributed by atoms with Gasteiger partial charge in [0.15, 0.2) is 0 Å². The molecule has 3 rings (SSSR count). The third-order valence-corrected chi connectivity index (χ3v) is 4.53. The van der Waals surface area contributed by atoms with Crippen molar-refractivity contribution in [3.8, 4) is 0 Å². The van der Waals surface area contributed by atoms with Crippen molar-refractivity contribution in [3.63, 3.8) is 0 Å². The number of carbonyl (C=O) groups excluding carboxylic acids is 2. The monoisotopic (exact) mass is 358 g/mol. The zero-order valence-corrected chi connectivity index (χ0v) is 15.5. The summed E-state index contributed by atoms with van der Waals surface area (Å²) in [6, 6.07) is 9.58. The second-order valence-electron chi connectivity index (χ2n) is 7.73. The first-order valence-corrected chi connectivity index (χ1v) is 8.96. The van der Waals surface area contributed by atoms with Crippen LogP contribution in [0.5, 0.6) is 0 Å². The Morgan fingerprint density at radius 1 is 1.23 bits per heavy atom. The van der Waals surface area contributed by atoms with Gasteiger partial charge in [-0.1, -0.05) is 30.3 Å². The molecule has 2 atom stereocenters. The summed E-state index contributed by atoms with van der Waals surface area (Å²) < 4.78 is 10.9. The molecule has 1 aromatic carbocycles. The molecule has 0 aromatic heterocycles. The van der Waals surface area contributed by atoms with Gasteiger partial charge in [0.1, 0.15) is 12.2 Å². The predicted octanol–water partition coefficient (Wildman–Crippen LogP) is 2.70. The highest BCUT2D eigenvalue weighted by atomic mass is 16.6. The predicted molar refractivity (Wildman–Crippen MR) is 97.1 cm³/mol. The molecule has 6 nitrogen and oxygen atoms in total. The van der Waals surface area contributed by atoms with Crippen LogP contribution >= 0.6 is 0 Å². The van der Waals surface area contributed by atoms with Crippen molar-refractivity contribution in [3.05, 3.63) is 47.7 Å². The number of nitrogens with zero attached hydrogens (tertiary/aromatic N) is 1. The second kappa shape index (κ2) is 7.40. The van der Waals surface area contributed by atoms with E-state index in [2.05, 4.69) is 5.32 Å². The van der Waals surface area contributed by atoms with Crippen LogP contribution in [-0.4, -0.2) is 42.2 Å². The Hall–Kier alpha value is -2.50. The van der Waals surface area contributed by atoms with E-state index >= 15 is 0 Å². The van der Waals surface area contributed by atoms with Gasteiger partial charge < -0.3 is 19.7 Å². The summed E-state index contributed by atoms with van der Waals surface area (Å²) in [6.45, 7) is 7.29. The summed E-state index contributed by atoms with van der Waals surface area (Å²) in [5.41, 5.74) is 1.45. The number of amides is 1. The quantitative estimate of drug-likeness (QED) is 0.842. The normalized spacial score (nSPS) is 22.1. The second-order valence-corrected chi connectivity index (χ2v) is 7.73. The Kier molecular flexibility index (Phi) is 5.20. The maximum Gasteiger partial charge on any atom is 0.410 e. The number of esters is 1. The Morgan fingerprint density at radius 3 is 2.65 bits per heavy atom. The molecule has 1 amide bonds. The smallest absolute Gasteiger partial charge is 0.410 e. The van der Waals surface area contributed by atoms with Crippen molar-refractivity contribution in [1.29, 1.82) is 0 Å². The molecule has 6 heteroatoms. The first-order valence-electron chi connectivity index (χ1n) is 8.96. The van der Waals surface area contributed by atoms with Crippen LogP contribution in [0.2, 0.25) is 0 Å². The molecular formula is C20H26N2O4. The van der Waals surface area contributed by atoms with Crippen LogP contribution in [0.3, 0.4) is 0 Å². The Bertz CT molecular complexity index is 694. The maximum atomic E-state index is 12.5. The van der Waals surface area contributed by atoms with E-state index in [0.29, 0.717) is 19.6 Å². The molecule has 1 aromatic rings. The van der Waals surface area contributed by atoms with Crippen LogP contribution in [0.15, 0.2) is 42.1 Å². The standard InChI is InChI=1S/C20H26N2O4/c1-20(2,3)26-18(23)15-11-21-17-9-10-22(12-16(15)17)19(24)25-13-14-7-5-4-6-8-14/h4-9,15-16,21H,10-13H2,1-3H3. The average molecular weight is 358 g/mol. The van der Waals surface area contributed by atoms with Gasteiger partial charge in [-0.15, -0.1) is 0 Å². The molecule has 2 aliphatic rings. The van der Waals surface area contributed by atoms with Crippen molar-refractivity contribution >= 4 is 12.1 Å². The molecule has 0 aliphatic carbocycles. The van der Waals surface area contributed by atoms with Gasteiger partial charge >= 0.3 is 12.1 Å². The lowest BCUT2D eigenvalue weighted by Gasteiger charge is -2.31. The summed E-state index contributed by atoms with van der Waals surface area (Å²) in [5.74, 6) is -0.578. The van der Waals surface area contributed by atoms with E-state index in [4.69, 9.17) is 9.47 Å². The lowest BCUT2D eigenvalue weighted by molar-refractivity contribution is -0.160. The lowest BCUT2D eigenvalue weighted by Crippen LogP contribution is -2.42. The summed E-state index contributed by atoms with van der Waals surface area (Å²) >= 11 is 0. The van der Waals surface area contributed by atoms with Gasteiger partial charge in [-0.3, -0.25) is 4.79 Å². The van der Waals surface area contributed by atoms with E-state index in [9.17, 15) is 9.59 Å². The van der Waals surface area contributed by atoms with Gasteiger partial charge in [-0.2, -0.15) is 0 Å². The average Bonchev–Trinajstić information content (AvgIpc) is 3.02. The van der Waals surface area contributed by atoms with Gasteiger partial charge in [0, 0.05) is 31.2 Å². The molecule has 26 heavy (non-hydrogen) atoms. The van der Waals surface area contributed by atoms with Crippen molar-refractivity contribution in [1.82, 2.24) is 10.2 Å². The van der Waals surface area contributed by atoms with E-state index in [1.807, 2.05) is 57.2 Å². The van der Waals surface area contributed by atoms with Gasteiger partial charge in [-0.25, -0.2) is 4.79 Å². The van der Waals surface area contributed by atoms with Gasteiger partial charge in [0.2, 0.25) is 0 Å². The van der Waals surface area contributed by atoms with Crippen LogP contribution in [0, 0.1) is 11.8 Å². The molecule has 2 aliphatic heterocycles. The fraction of sp³-hybridized carbons (Fsp3) is 0.500. The number of hydrogen-bond donors (Lipinski definition) is 1. The Balaban J connectivity index is 1.59. The molecule has 0 bridgehead atoms. The molecule has 2 unspecified atom stereocenters. The van der Waals surface area contributed by atoms with Crippen molar-refractivity contribution < 1.29 is 19.1 Å². The van der Waals surface area contributed by atoms with E-state index in [-0.39, 0.29) is 30.5 Å². The highest BCUT2D eigenvalue weighted by Crippen LogP contribution is 2.31. The van der Waals surface area contributed by atoms with Crippen molar-refractivity contribution in [2.24, 2.45) is 11.8 Å².